The highest BCUT2D eigenvalue weighted by atomic mass is 16.5. The number of rotatable bonds is 3. The molecule has 6 heteroatoms. The molecule has 0 aliphatic carbocycles. The van der Waals surface area contributed by atoms with Crippen LogP contribution in [0.2, 0.25) is 0 Å². The van der Waals surface area contributed by atoms with Gasteiger partial charge in [0.05, 0.1) is 0 Å². The van der Waals surface area contributed by atoms with E-state index in [-0.39, 0.29) is 12.5 Å². The van der Waals surface area contributed by atoms with E-state index < -0.39 is 5.97 Å². The summed E-state index contributed by atoms with van der Waals surface area (Å²) in [5.74, 6) is -0.334. The number of anilines is 1. The number of nitrogens with two attached hydrogens (primary N) is 3. The first-order valence-corrected chi connectivity index (χ1v) is 4.19. The Hall–Kier alpha value is -2.24. The van der Waals surface area contributed by atoms with Crippen LogP contribution in [0.3, 0.4) is 0 Å². The van der Waals surface area contributed by atoms with E-state index in [2.05, 4.69) is 4.99 Å². The van der Waals surface area contributed by atoms with Crippen LogP contribution in [-0.2, 0) is 4.79 Å². The summed E-state index contributed by atoms with van der Waals surface area (Å²) in [5.41, 5.74) is 16.1. The minimum atomic E-state index is -0.547. The topological polar surface area (TPSA) is 117 Å². The standard InChI is InChI=1S/C9H12N4O2/c10-6-2-1-3-7(4-6)15-8(14)5-13-9(11)12/h1-4H,5,10H2,(H4,11,12,13). The molecule has 0 saturated carbocycles. The maximum atomic E-state index is 11.1. The van der Waals surface area contributed by atoms with Gasteiger partial charge in [0, 0.05) is 11.8 Å². The largest absolute Gasteiger partial charge is 0.425 e. The van der Waals surface area contributed by atoms with Gasteiger partial charge in [-0.3, -0.25) is 0 Å². The number of benzene rings is 1. The van der Waals surface area contributed by atoms with Crippen LogP contribution in [0, 0.1) is 0 Å². The van der Waals surface area contributed by atoms with Crippen molar-refractivity contribution in [2.75, 3.05) is 12.3 Å². The van der Waals surface area contributed by atoms with E-state index in [1.54, 1.807) is 18.2 Å². The van der Waals surface area contributed by atoms with Crippen LogP contribution in [0.15, 0.2) is 29.3 Å². The maximum Gasteiger partial charge on any atom is 0.333 e. The second-order valence-electron chi connectivity index (χ2n) is 2.79. The molecule has 6 N–H and O–H groups in total. The number of nitrogens with zero attached hydrogens (tertiary/aromatic N) is 1. The van der Waals surface area contributed by atoms with Gasteiger partial charge in [0.2, 0.25) is 0 Å². The highest BCUT2D eigenvalue weighted by Crippen LogP contribution is 2.14. The van der Waals surface area contributed by atoms with Gasteiger partial charge in [0.25, 0.3) is 0 Å². The molecule has 6 nitrogen and oxygen atoms in total. The molecule has 80 valence electrons. The number of esters is 1. The van der Waals surface area contributed by atoms with Crippen molar-refractivity contribution in [1.82, 2.24) is 0 Å². The Labute approximate surface area is 86.7 Å². The quantitative estimate of drug-likeness (QED) is 0.202. The molecule has 0 saturated heterocycles. The van der Waals surface area contributed by atoms with Crippen LogP contribution in [-0.4, -0.2) is 18.5 Å². The Bertz CT molecular complexity index is 385. The van der Waals surface area contributed by atoms with Gasteiger partial charge in [-0.2, -0.15) is 0 Å². The first-order valence-electron chi connectivity index (χ1n) is 4.19. The zero-order chi connectivity index (χ0) is 11.3. The first kappa shape index (κ1) is 10.8. The molecule has 0 unspecified atom stereocenters. The van der Waals surface area contributed by atoms with Gasteiger partial charge in [-0.1, -0.05) is 6.07 Å². The minimum Gasteiger partial charge on any atom is -0.425 e. The lowest BCUT2D eigenvalue weighted by Gasteiger charge is -2.02. The van der Waals surface area contributed by atoms with Crippen LogP contribution >= 0.6 is 0 Å². The number of carbonyl (C=O) groups is 1. The number of aliphatic imine (C=N–C) groups is 1. The Morgan fingerprint density at radius 2 is 2.13 bits per heavy atom. The normalized spacial score (nSPS) is 9.33. The van der Waals surface area contributed by atoms with Crippen LogP contribution in [0.4, 0.5) is 5.69 Å². The Morgan fingerprint density at radius 3 is 2.73 bits per heavy atom. The van der Waals surface area contributed by atoms with Crippen LogP contribution in [0.1, 0.15) is 0 Å². The van der Waals surface area contributed by atoms with E-state index in [0.717, 1.165) is 0 Å². The third-order valence-corrected chi connectivity index (χ3v) is 1.48. The number of carbonyl (C=O) groups excluding carboxylic acids is 1. The maximum absolute atomic E-state index is 11.1. The van der Waals surface area contributed by atoms with Crippen molar-refractivity contribution in [3.63, 3.8) is 0 Å². The molecule has 1 aromatic carbocycles. The average Bonchev–Trinajstić information content (AvgIpc) is 2.15. The fourth-order valence-corrected chi connectivity index (χ4v) is 0.898. The zero-order valence-electron chi connectivity index (χ0n) is 8.01. The van der Waals surface area contributed by atoms with E-state index in [4.69, 9.17) is 21.9 Å². The molecule has 0 amide bonds. The minimum absolute atomic E-state index is 0.153. The summed E-state index contributed by atoms with van der Waals surface area (Å²) in [6, 6.07) is 6.52. The summed E-state index contributed by atoms with van der Waals surface area (Å²) >= 11 is 0. The average molecular weight is 208 g/mol. The lowest BCUT2D eigenvalue weighted by Crippen LogP contribution is -2.25. The molecule has 0 bridgehead atoms. The Kier molecular flexibility index (Phi) is 3.50. The van der Waals surface area contributed by atoms with Crippen molar-refractivity contribution in [3.05, 3.63) is 24.3 Å². The highest BCUT2D eigenvalue weighted by molar-refractivity contribution is 5.81. The molecular weight excluding hydrogens is 196 g/mol. The van der Waals surface area contributed by atoms with E-state index in [1.807, 2.05) is 0 Å². The molecule has 1 aromatic rings. The van der Waals surface area contributed by atoms with Gasteiger partial charge in [0.15, 0.2) is 5.96 Å². The van der Waals surface area contributed by atoms with Crippen molar-refractivity contribution in [2.24, 2.45) is 16.5 Å². The predicted octanol–water partition coefficient (Wildman–Crippen LogP) is -0.552. The molecule has 0 radical (unpaired) electrons. The van der Waals surface area contributed by atoms with E-state index in [9.17, 15) is 4.79 Å². The van der Waals surface area contributed by atoms with Crippen molar-refractivity contribution < 1.29 is 9.53 Å². The zero-order valence-corrected chi connectivity index (χ0v) is 8.01. The molecule has 0 heterocycles. The van der Waals surface area contributed by atoms with Crippen molar-refractivity contribution in [3.8, 4) is 5.75 Å². The molecule has 0 fully saturated rings. The van der Waals surface area contributed by atoms with Crippen LogP contribution in [0.25, 0.3) is 0 Å². The molecule has 0 spiro atoms. The number of guanidine groups is 1. The summed E-state index contributed by atoms with van der Waals surface area (Å²) in [6.45, 7) is -0.211. The first-order chi connectivity index (χ1) is 7.08. The summed E-state index contributed by atoms with van der Waals surface area (Å²) in [5, 5.41) is 0. The van der Waals surface area contributed by atoms with Gasteiger partial charge in [0.1, 0.15) is 12.3 Å². The fourth-order valence-electron chi connectivity index (χ4n) is 0.898. The predicted molar refractivity (Wildman–Crippen MR) is 57.2 cm³/mol. The SMILES string of the molecule is NC(N)=NCC(=O)Oc1cccc(N)c1. The lowest BCUT2D eigenvalue weighted by atomic mass is 10.3. The van der Waals surface area contributed by atoms with Crippen LogP contribution < -0.4 is 21.9 Å². The van der Waals surface area contributed by atoms with E-state index in [1.165, 1.54) is 6.07 Å². The number of hydrogen-bond acceptors (Lipinski definition) is 4. The third kappa shape index (κ3) is 3.99. The van der Waals surface area contributed by atoms with Crippen molar-refractivity contribution in [1.29, 1.82) is 0 Å². The Balaban J connectivity index is 2.55. The molecule has 0 aliphatic heterocycles. The summed E-state index contributed by atoms with van der Waals surface area (Å²) < 4.78 is 4.91. The van der Waals surface area contributed by atoms with Gasteiger partial charge in [-0.15, -0.1) is 0 Å². The van der Waals surface area contributed by atoms with Crippen molar-refractivity contribution in [2.45, 2.75) is 0 Å². The third-order valence-electron chi connectivity index (χ3n) is 1.48. The van der Waals surface area contributed by atoms with Crippen molar-refractivity contribution >= 4 is 17.6 Å². The molecule has 0 aromatic heterocycles. The molecule has 0 atom stereocenters. The monoisotopic (exact) mass is 208 g/mol. The van der Waals surface area contributed by atoms with Gasteiger partial charge >= 0.3 is 5.97 Å². The number of nitrogen functional groups attached to an aromatic ring is 1. The highest BCUT2D eigenvalue weighted by Gasteiger charge is 2.03. The second-order valence-corrected chi connectivity index (χ2v) is 2.79. The smallest absolute Gasteiger partial charge is 0.333 e. The van der Waals surface area contributed by atoms with E-state index >= 15 is 0 Å². The van der Waals surface area contributed by atoms with E-state index in [0.29, 0.717) is 11.4 Å². The fraction of sp³-hybridized carbons (Fsp3) is 0.111. The van der Waals surface area contributed by atoms with Crippen LogP contribution in [0.5, 0.6) is 5.75 Å². The molecule has 0 aliphatic rings. The molecule has 15 heavy (non-hydrogen) atoms. The molecule has 1 rings (SSSR count). The summed E-state index contributed by atoms with van der Waals surface area (Å²) in [7, 11) is 0. The lowest BCUT2D eigenvalue weighted by molar-refractivity contribution is -0.132. The Morgan fingerprint density at radius 1 is 1.40 bits per heavy atom. The van der Waals surface area contributed by atoms with Gasteiger partial charge in [-0.25, -0.2) is 9.79 Å². The van der Waals surface area contributed by atoms with Gasteiger partial charge in [-0.05, 0) is 12.1 Å². The summed E-state index contributed by atoms with van der Waals surface area (Å²) in [6.07, 6.45) is 0. The van der Waals surface area contributed by atoms with Gasteiger partial charge < -0.3 is 21.9 Å². The molecular formula is C9H12N4O2. The number of ether oxygens (including phenoxy) is 1. The second kappa shape index (κ2) is 4.85. The number of hydrogen-bond donors (Lipinski definition) is 3. The summed E-state index contributed by atoms with van der Waals surface area (Å²) in [4.78, 5) is 14.7.